The molecule has 31 heavy (non-hydrogen) atoms. The van der Waals surface area contributed by atoms with Crippen LogP contribution in [0.5, 0.6) is 5.75 Å². The number of halogens is 2. The van der Waals surface area contributed by atoms with Gasteiger partial charge in [-0.25, -0.2) is 13.3 Å². The van der Waals surface area contributed by atoms with Crippen LogP contribution in [-0.2, 0) is 6.54 Å². The first-order valence-electron chi connectivity index (χ1n) is 9.43. The summed E-state index contributed by atoms with van der Waals surface area (Å²) in [6.45, 7) is 0.135. The van der Waals surface area contributed by atoms with E-state index in [1.165, 1.54) is 21.3 Å². The molecule has 0 saturated carbocycles. The number of aromatic nitrogens is 3. The van der Waals surface area contributed by atoms with Crippen molar-refractivity contribution >= 4 is 11.4 Å². The van der Waals surface area contributed by atoms with E-state index >= 15 is 0 Å². The first-order chi connectivity index (χ1) is 15.0. The molecule has 7 nitrogen and oxygen atoms in total. The average Bonchev–Trinajstić information content (AvgIpc) is 3.21. The second-order valence-electron chi connectivity index (χ2n) is 6.74. The van der Waals surface area contributed by atoms with Crippen molar-refractivity contribution < 1.29 is 18.3 Å². The molecule has 9 heteroatoms. The van der Waals surface area contributed by atoms with Crippen LogP contribution in [0.2, 0.25) is 0 Å². The topological polar surface area (TPSA) is 77.6 Å². The van der Waals surface area contributed by atoms with E-state index in [0.717, 1.165) is 17.7 Å². The summed E-state index contributed by atoms with van der Waals surface area (Å²) in [5.74, 6) is -2.09. The third-order valence-corrected chi connectivity index (χ3v) is 4.80. The highest BCUT2D eigenvalue weighted by Gasteiger charge is 2.16. The quantitative estimate of drug-likeness (QED) is 0.516. The van der Waals surface area contributed by atoms with Gasteiger partial charge in [0.15, 0.2) is 0 Å². The number of carbonyl (C=O) groups excluding carboxylic acids is 1. The van der Waals surface area contributed by atoms with Gasteiger partial charge in [-0.3, -0.25) is 9.59 Å². The Labute approximate surface area is 175 Å². The predicted molar refractivity (Wildman–Crippen MR) is 110 cm³/mol. The van der Waals surface area contributed by atoms with Crippen LogP contribution in [-0.4, -0.2) is 33.7 Å². The standard InChI is InChI=1S/C22H18F2N4O3/c1-31-15-5-2-4-14(12-15)18-13-19-22(30)27(10-11-28(19)26-18)9-8-25-21(29)20-16(23)6-3-7-17(20)24/h2-7,10-13H,8-9H2,1H3,(H,25,29). The average molecular weight is 424 g/mol. The van der Waals surface area contributed by atoms with Gasteiger partial charge in [-0.2, -0.15) is 5.10 Å². The van der Waals surface area contributed by atoms with Gasteiger partial charge in [0.1, 0.15) is 28.5 Å². The zero-order valence-electron chi connectivity index (χ0n) is 16.5. The maximum absolute atomic E-state index is 13.7. The number of fused-ring (bicyclic) bond motifs is 1. The number of carbonyl (C=O) groups is 1. The van der Waals surface area contributed by atoms with Gasteiger partial charge in [-0.1, -0.05) is 18.2 Å². The van der Waals surface area contributed by atoms with Crippen molar-refractivity contribution in [3.63, 3.8) is 0 Å². The van der Waals surface area contributed by atoms with Gasteiger partial charge in [-0.05, 0) is 30.3 Å². The number of hydrogen-bond donors (Lipinski definition) is 1. The second kappa shape index (κ2) is 8.39. The lowest BCUT2D eigenvalue weighted by molar-refractivity contribution is 0.0943. The van der Waals surface area contributed by atoms with Crippen LogP contribution in [0.25, 0.3) is 16.8 Å². The minimum absolute atomic E-state index is 0.0135. The Morgan fingerprint density at radius 2 is 1.84 bits per heavy atom. The van der Waals surface area contributed by atoms with Crippen molar-refractivity contribution in [2.24, 2.45) is 0 Å². The molecule has 0 unspecified atom stereocenters. The first kappa shape index (κ1) is 20.3. The Morgan fingerprint density at radius 3 is 2.58 bits per heavy atom. The molecule has 158 valence electrons. The minimum atomic E-state index is -0.944. The van der Waals surface area contributed by atoms with E-state index in [0.29, 0.717) is 17.0 Å². The van der Waals surface area contributed by atoms with Gasteiger partial charge in [0.05, 0.1) is 12.8 Å². The number of ether oxygens (including phenoxy) is 1. The zero-order valence-corrected chi connectivity index (χ0v) is 16.5. The number of nitrogens with zero attached hydrogens (tertiary/aromatic N) is 3. The highest BCUT2D eigenvalue weighted by atomic mass is 19.1. The third-order valence-electron chi connectivity index (χ3n) is 4.80. The Bertz CT molecular complexity index is 1310. The van der Waals surface area contributed by atoms with Gasteiger partial charge >= 0.3 is 0 Å². The molecule has 1 N–H and O–H groups in total. The lowest BCUT2D eigenvalue weighted by Crippen LogP contribution is -2.32. The summed E-state index contributed by atoms with van der Waals surface area (Å²) in [7, 11) is 1.57. The molecule has 0 atom stereocenters. The van der Waals surface area contributed by atoms with Crippen LogP contribution in [0.3, 0.4) is 0 Å². The van der Waals surface area contributed by atoms with E-state index < -0.39 is 23.1 Å². The first-order valence-corrected chi connectivity index (χ1v) is 9.43. The fourth-order valence-electron chi connectivity index (χ4n) is 3.22. The van der Waals surface area contributed by atoms with Crippen LogP contribution in [0, 0.1) is 11.6 Å². The molecule has 0 saturated heterocycles. The molecule has 2 aromatic carbocycles. The van der Waals surface area contributed by atoms with Gasteiger partial charge in [0.2, 0.25) is 0 Å². The van der Waals surface area contributed by atoms with Crippen molar-refractivity contribution in [3.05, 3.63) is 88.5 Å². The molecule has 0 aliphatic heterocycles. The largest absolute Gasteiger partial charge is 0.497 e. The summed E-state index contributed by atoms with van der Waals surface area (Å²) >= 11 is 0. The normalized spacial score (nSPS) is 10.9. The molecule has 0 fully saturated rings. The second-order valence-corrected chi connectivity index (χ2v) is 6.74. The Kier molecular flexibility index (Phi) is 5.48. The van der Waals surface area contributed by atoms with Crippen molar-refractivity contribution in [1.29, 1.82) is 0 Å². The number of methoxy groups -OCH3 is 1. The van der Waals surface area contributed by atoms with Gasteiger partial charge < -0.3 is 14.6 Å². The Morgan fingerprint density at radius 1 is 1.10 bits per heavy atom. The molecule has 4 aromatic rings. The van der Waals surface area contributed by atoms with Gasteiger partial charge in [0.25, 0.3) is 11.5 Å². The van der Waals surface area contributed by atoms with Crippen LogP contribution >= 0.6 is 0 Å². The summed E-state index contributed by atoms with van der Waals surface area (Å²) in [6.07, 6.45) is 3.16. The maximum atomic E-state index is 13.7. The summed E-state index contributed by atoms with van der Waals surface area (Å²) in [4.78, 5) is 24.9. The highest BCUT2D eigenvalue weighted by Crippen LogP contribution is 2.23. The van der Waals surface area contributed by atoms with Crippen molar-refractivity contribution in [2.75, 3.05) is 13.7 Å². The maximum Gasteiger partial charge on any atom is 0.276 e. The molecule has 0 spiro atoms. The molecule has 0 bridgehead atoms. The van der Waals surface area contributed by atoms with Gasteiger partial charge in [0, 0.05) is 31.0 Å². The van der Waals surface area contributed by atoms with Crippen molar-refractivity contribution in [1.82, 2.24) is 19.5 Å². The number of amides is 1. The van der Waals surface area contributed by atoms with Crippen LogP contribution in [0.4, 0.5) is 8.78 Å². The molecule has 1 amide bonds. The lowest BCUT2D eigenvalue weighted by atomic mass is 10.1. The molecule has 2 aromatic heterocycles. The van der Waals surface area contributed by atoms with Gasteiger partial charge in [-0.15, -0.1) is 0 Å². The molecule has 2 heterocycles. The molecular formula is C22H18F2N4O3. The lowest BCUT2D eigenvalue weighted by Gasteiger charge is -2.09. The monoisotopic (exact) mass is 424 g/mol. The Balaban J connectivity index is 1.52. The summed E-state index contributed by atoms with van der Waals surface area (Å²) in [6, 6.07) is 12.2. The predicted octanol–water partition coefficient (Wildman–Crippen LogP) is 2.88. The van der Waals surface area contributed by atoms with Crippen LogP contribution in [0.1, 0.15) is 10.4 Å². The van der Waals surface area contributed by atoms with Crippen LogP contribution in [0.15, 0.2) is 65.7 Å². The SMILES string of the molecule is COc1cccc(-c2cc3c(=O)n(CCNC(=O)c4c(F)cccc4F)ccn3n2)c1. The van der Waals surface area contributed by atoms with Crippen molar-refractivity contribution in [2.45, 2.75) is 6.54 Å². The molecule has 0 radical (unpaired) electrons. The number of hydrogen-bond acceptors (Lipinski definition) is 4. The van der Waals surface area contributed by atoms with E-state index in [4.69, 9.17) is 4.74 Å². The van der Waals surface area contributed by atoms with E-state index in [-0.39, 0.29) is 18.6 Å². The fourth-order valence-corrected chi connectivity index (χ4v) is 3.22. The molecule has 4 rings (SSSR count). The number of nitrogens with one attached hydrogen (secondary N) is 1. The Hall–Kier alpha value is -4.01. The molecular weight excluding hydrogens is 406 g/mol. The van der Waals surface area contributed by atoms with E-state index in [1.807, 2.05) is 24.3 Å². The van der Waals surface area contributed by atoms with E-state index in [9.17, 15) is 18.4 Å². The zero-order chi connectivity index (χ0) is 22.0. The number of benzene rings is 2. The summed E-state index contributed by atoms with van der Waals surface area (Å²) < 4.78 is 35.5. The summed E-state index contributed by atoms with van der Waals surface area (Å²) in [5, 5.41) is 6.86. The minimum Gasteiger partial charge on any atom is -0.497 e. The third kappa shape index (κ3) is 4.02. The smallest absolute Gasteiger partial charge is 0.276 e. The van der Waals surface area contributed by atoms with E-state index in [1.54, 1.807) is 19.4 Å². The highest BCUT2D eigenvalue weighted by molar-refractivity contribution is 5.94. The molecule has 0 aliphatic carbocycles. The van der Waals surface area contributed by atoms with Crippen LogP contribution < -0.4 is 15.6 Å². The van der Waals surface area contributed by atoms with E-state index in [2.05, 4.69) is 10.4 Å². The summed E-state index contributed by atoms with van der Waals surface area (Å²) in [5.41, 5.74) is 0.802. The fraction of sp³-hybridized carbons (Fsp3) is 0.136. The number of rotatable bonds is 6. The van der Waals surface area contributed by atoms with Crippen molar-refractivity contribution in [3.8, 4) is 17.0 Å². The molecule has 0 aliphatic rings.